The normalized spacial score (nSPS) is 10.7. The van der Waals surface area contributed by atoms with Gasteiger partial charge in [0.05, 0.1) is 12.5 Å². The Morgan fingerprint density at radius 2 is 1.08 bits per heavy atom. The van der Waals surface area contributed by atoms with Crippen molar-refractivity contribution in [2.24, 2.45) is 5.92 Å². The summed E-state index contributed by atoms with van der Waals surface area (Å²) in [5.41, 5.74) is 1.59. The Bertz CT molecular complexity index is 906. The van der Waals surface area contributed by atoms with Gasteiger partial charge in [0.1, 0.15) is 24.4 Å². The maximum Gasteiger partial charge on any atom is 0.180 e. The summed E-state index contributed by atoms with van der Waals surface area (Å²) in [5.74, 6) is 1.32. The number of unbranched alkanes of at least 4 members (excludes halogenated alkanes) is 19. The van der Waals surface area contributed by atoms with E-state index in [1.807, 2.05) is 6.79 Å². The molecule has 0 unspecified atom stereocenters. The molecule has 0 saturated carbocycles. The molecule has 51 heavy (non-hydrogen) atoms. The molecule has 1 N–H and O–H groups in total. The zero-order valence-electron chi connectivity index (χ0n) is 34.8. The van der Waals surface area contributed by atoms with Crippen LogP contribution in [-0.2, 0) is 9.59 Å². The van der Waals surface area contributed by atoms with Gasteiger partial charge in [-0.1, -0.05) is 176 Å². The maximum absolute atomic E-state index is 10.9. The van der Waals surface area contributed by atoms with Crippen LogP contribution in [0.25, 0.3) is 11.2 Å². The van der Waals surface area contributed by atoms with Gasteiger partial charge in [-0.15, -0.1) is 0 Å². The van der Waals surface area contributed by atoms with Crippen molar-refractivity contribution in [1.29, 1.82) is 0 Å². The Balaban J connectivity index is 0. The summed E-state index contributed by atoms with van der Waals surface area (Å²) in [6.45, 7) is 19.1. The highest BCUT2D eigenvalue weighted by Gasteiger charge is 2.04. The number of fused-ring (bicyclic) bond motifs is 1. The number of imidazole rings is 1. The van der Waals surface area contributed by atoms with Gasteiger partial charge in [-0.05, 0) is 58.2 Å². The summed E-state index contributed by atoms with van der Waals surface area (Å²) in [4.78, 5) is 36.0. The van der Waals surface area contributed by atoms with E-state index < -0.39 is 0 Å². The minimum absolute atomic E-state index is 0.341. The molecule has 0 radical (unpaired) electrons. The van der Waals surface area contributed by atoms with Crippen LogP contribution in [-0.4, -0.2) is 57.0 Å². The van der Waals surface area contributed by atoms with E-state index in [0.717, 1.165) is 24.3 Å². The first kappa shape index (κ1) is 51.0. The molecule has 0 aliphatic carbocycles. The second-order valence-electron chi connectivity index (χ2n) is 14.7. The summed E-state index contributed by atoms with van der Waals surface area (Å²) in [7, 11) is 0. The fourth-order valence-corrected chi connectivity index (χ4v) is 6.39. The third-order valence-electron chi connectivity index (χ3n) is 9.57. The van der Waals surface area contributed by atoms with Crippen LogP contribution in [0.1, 0.15) is 215 Å². The number of hydrogen-bond donors (Lipinski definition) is 1. The summed E-state index contributed by atoms with van der Waals surface area (Å²) in [6.07, 6.45) is 41.8. The van der Waals surface area contributed by atoms with E-state index in [0.29, 0.717) is 11.4 Å². The highest BCUT2D eigenvalue weighted by atomic mass is 16.1. The molecule has 298 valence electrons. The minimum atomic E-state index is 0.341. The Hall–Kier alpha value is -2.15. The largest absolute Gasteiger partial charge is 0.342 e. The third kappa shape index (κ3) is 37.4. The summed E-state index contributed by atoms with van der Waals surface area (Å²) in [6, 6.07) is 0. The van der Waals surface area contributed by atoms with Crippen molar-refractivity contribution in [1.82, 2.24) is 24.8 Å². The average Bonchev–Trinajstić information content (AvgIpc) is 3.63. The Labute approximate surface area is 316 Å². The van der Waals surface area contributed by atoms with Crippen molar-refractivity contribution in [2.75, 3.05) is 19.6 Å². The molecule has 2 heterocycles. The first-order valence-corrected chi connectivity index (χ1v) is 21.6. The van der Waals surface area contributed by atoms with Gasteiger partial charge < -0.3 is 19.5 Å². The van der Waals surface area contributed by atoms with Gasteiger partial charge >= 0.3 is 0 Å². The van der Waals surface area contributed by atoms with Crippen molar-refractivity contribution in [3.63, 3.8) is 0 Å². The molecule has 2 rings (SSSR count). The fraction of sp³-hybridized carbons (Fsp3) is 0.841. The number of rotatable bonds is 31. The van der Waals surface area contributed by atoms with Gasteiger partial charge in [0.2, 0.25) is 0 Å². The Morgan fingerprint density at radius 1 is 0.627 bits per heavy atom. The van der Waals surface area contributed by atoms with E-state index in [1.54, 1.807) is 19.4 Å². The number of aromatic nitrogens is 4. The smallest absolute Gasteiger partial charge is 0.180 e. The second kappa shape index (κ2) is 42.3. The predicted octanol–water partition coefficient (Wildman–Crippen LogP) is 13.3. The van der Waals surface area contributed by atoms with Crippen molar-refractivity contribution < 1.29 is 9.59 Å². The van der Waals surface area contributed by atoms with Crippen LogP contribution >= 0.6 is 0 Å². The molecule has 0 aromatic carbocycles. The van der Waals surface area contributed by atoms with Crippen LogP contribution in [0.4, 0.5) is 0 Å². The molecule has 0 amide bonds. The zero-order chi connectivity index (χ0) is 38.0. The van der Waals surface area contributed by atoms with E-state index in [-0.39, 0.29) is 0 Å². The van der Waals surface area contributed by atoms with Crippen LogP contribution in [0.2, 0.25) is 0 Å². The molecule has 7 heteroatoms. The van der Waals surface area contributed by atoms with Crippen LogP contribution in [0.15, 0.2) is 18.9 Å². The molecule has 7 nitrogen and oxygen atoms in total. The standard InChI is InChI=1S/C20H41NO.C18H38.C5H4N4.CH2O/c1-4-6-7-8-11-14-18-21(17-5-2)19-15-12-9-10-13-16-20(3)22;1-4-6-8-10-12-14-16-18(3)17-15-13-11-9-7-5-2;1-4-5(8-2-6-1)9-3-7-4;1-2/h4-19H2,1-3H3;18H,4-17H2,1-3H3;1-3H,(H,6,7,8,9);1H2. The van der Waals surface area contributed by atoms with Crippen molar-refractivity contribution in [3.8, 4) is 0 Å². The first-order chi connectivity index (χ1) is 25.0. The maximum atomic E-state index is 10.9. The summed E-state index contributed by atoms with van der Waals surface area (Å²) < 4.78 is 0. The van der Waals surface area contributed by atoms with Gasteiger partial charge in [0.25, 0.3) is 0 Å². The van der Waals surface area contributed by atoms with E-state index in [1.165, 1.54) is 186 Å². The molecule has 0 fully saturated rings. The second-order valence-corrected chi connectivity index (χ2v) is 14.7. The summed E-state index contributed by atoms with van der Waals surface area (Å²) >= 11 is 0. The number of ketones is 1. The van der Waals surface area contributed by atoms with E-state index in [9.17, 15) is 4.79 Å². The average molecular weight is 716 g/mol. The molecule has 0 aliphatic rings. The third-order valence-corrected chi connectivity index (χ3v) is 9.57. The van der Waals surface area contributed by atoms with Crippen LogP contribution in [0.5, 0.6) is 0 Å². The molecule has 0 aliphatic heterocycles. The molecule has 0 bridgehead atoms. The van der Waals surface area contributed by atoms with E-state index in [4.69, 9.17) is 4.79 Å². The van der Waals surface area contributed by atoms with E-state index >= 15 is 0 Å². The molecule has 0 atom stereocenters. The molecule has 2 aromatic heterocycles. The number of nitrogens with one attached hydrogen (secondary N) is 1. The number of H-pyrrole nitrogens is 1. The lowest BCUT2D eigenvalue weighted by Crippen LogP contribution is -2.27. The number of hydrogen-bond acceptors (Lipinski definition) is 6. The van der Waals surface area contributed by atoms with Gasteiger partial charge in [-0.2, -0.15) is 0 Å². The number of nitrogens with zero attached hydrogens (tertiary/aromatic N) is 4. The molecule has 0 saturated heterocycles. The fourth-order valence-electron chi connectivity index (χ4n) is 6.39. The number of carbonyl (C=O) groups excluding carboxylic acids is 2. The number of Topliss-reactive ketones (excluding diaryl/α,β-unsaturated/α-hetero) is 1. The SMILES string of the molecule is C=O.CCCCCCCCC(C)CCCCCCCC.CCCCCCCCN(CCC)CCCCCCCC(C)=O.c1ncc2[nH]cnc2n1. The highest BCUT2D eigenvalue weighted by Crippen LogP contribution is 2.18. The lowest BCUT2D eigenvalue weighted by Gasteiger charge is -2.21. The summed E-state index contributed by atoms with van der Waals surface area (Å²) in [5, 5.41) is 0. The number of aromatic amines is 1. The molecular formula is C44H85N5O2. The van der Waals surface area contributed by atoms with Crippen molar-refractivity contribution in [3.05, 3.63) is 18.9 Å². The van der Waals surface area contributed by atoms with Crippen LogP contribution in [0, 0.1) is 5.92 Å². The van der Waals surface area contributed by atoms with Gasteiger partial charge in [0, 0.05) is 6.42 Å². The first-order valence-electron chi connectivity index (χ1n) is 21.6. The lowest BCUT2D eigenvalue weighted by molar-refractivity contribution is -0.117. The highest BCUT2D eigenvalue weighted by molar-refractivity contribution is 5.75. The van der Waals surface area contributed by atoms with Gasteiger partial charge in [0.15, 0.2) is 5.65 Å². The van der Waals surface area contributed by atoms with Crippen LogP contribution < -0.4 is 0 Å². The topological polar surface area (TPSA) is 91.8 Å². The zero-order valence-corrected chi connectivity index (χ0v) is 34.8. The minimum Gasteiger partial charge on any atom is -0.342 e. The van der Waals surface area contributed by atoms with Gasteiger partial charge in [-0.3, -0.25) is 0 Å². The van der Waals surface area contributed by atoms with Gasteiger partial charge in [-0.25, -0.2) is 15.0 Å². The van der Waals surface area contributed by atoms with Crippen LogP contribution in [0.3, 0.4) is 0 Å². The molecule has 0 spiro atoms. The molecular weight excluding hydrogens is 631 g/mol. The monoisotopic (exact) mass is 716 g/mol. The lowest BCUT2D eigenvalue weighted by atomic mass is 9.96. The Kier molecular flexibility index (Phi) is 42.2. The molecule has 2 aromatic rings. The Morgan fingerprint density at radius 3 is 1.53 bits per heavy atom. The van der Waals surface area contributed by atoms with Crippen molar-refractivity contribution >= 4 is 23.7 Å². The quantitative estimate of drug-likeness (QED) is 0.0781. The predicted molar refractivity (Wildman–Crippen MR) is 222 cm³/mol. The number of carbonyl (C=O) groups is 2. The van der Waals surface area contributed by atoms with Crippen molar-refractivity contribution in [2.45, 2.75) is 215 Å². The van der Waals surface area contributed by atoms with E-state index in [2.05, 4.69) is 59.5 Å².